The van der Waals surface area contributed by atoms with Crippen molar-refractivity contribution >= 4 is 23.2 Å². The normalized spacial score (nSPS) is 12.8. The van der Waals surface area contributed by atoms with Crippen LogP contribution in [0.4, 0.5) is 11.4 Å². The molecule has 1 aliphatic rings. The molecule has 2 amide bonds. The molecule has 0 unspecified atom stereocenters. The highest BCUT2D eigenvalue weighted by atomic mass is 16.5. The van der Waals surface area contributed by atoms with Crippen LogP contribution >= 0.6 is 0 Å². The highest BCUT2D eigenvalue weighted by Crippen LogP contribution is 2.28. The number of hydrogen-bond donors (Lipinski definition) is 1. The van der Waals surface area contributed by atoms with E-state index < -0.39 is 0 Å². The maximum Gasteiger partial charge on any atom is 0.258 e. The number of para-hydroxylation sites is 1. The molecular weight excluding hydrogens is 364 g/mol. The van der Waals surface area contributed by atoms with Crippen LogP contribution in [-0.2, 0) is 6.42 Å². The molecule has 0 saturated heterocycles. The smallest absolute Gasteiger partial charge is 0.258 e. The highest BCUT2D eigenvalue weighted by molar-refractivity contribution is 6.10. The first-order valence-electron chi connectivity index (χ1n) is 9.61. The maximum absolute atomic E-state index is 13.1. The molecule has 0 saturated carbocycles. The monoisotopic (exact) mass is 386 g/mol. The van der Waals surface area contributed by atoms with Gasteiger partial charge in [0.05, 0.1) is 7.11 Å². The van der Waals surface area contributed by atoms with Gasteiger partial charge in [-0.25, -0.2) is 0 Å². The van der Waals surface area contributed by atoms with Gasteiger partial charge in [0.2, 0.25) is 0 Å². The molecule has 0 aromatic heterocycles. The first-order valence-corrected chi connectivity index (χ1v) is 9.61. The van der Waals surface area contributed by atoms with Crippen LogP contribution in [0, 0.1) is 0 Å². The van der Waals surface area contributed by atoms with Crippen molar-refractivity contribution in [2.75, 3.05) is 23.9 Å². The van der Waals surface area contributed by atoms with Gasteiger partial charge in [-0.05, 0) is 66.9 Å². The number of anilines is 2. The number of amides is 2. The molecule has 5 heteroatoms. The highest BCUT2D eigenvalue weighted by Gasteiger charge is 2.23. The van der Waals surface area contributed by atoms with Crippen molar-refractivity contribution < 1.29 is 14.3 Å². The van der Waals surface area contributed by atoms with Gasteiger partial charge in [0.25, 0.3) is 11.8 Å². The zero-order chi connectivity index (χ0) is 20.2. The van der Waals surface area contributed by atoms with E-state index in [1.807, 2.05) is 18.2 Å². The first kappa shape index (κ1) is 18.7. The van der Waals surface area contributed by atoms with E-state index in [1.165, 1.54) is 5.56 Å². The topological polar surface area (TPSA) is 58.6 Å². The molecule has 0 spiro atoms. The number of benzene rings is 3. The van der Waals surface area contributed by atoms with Gasteiger partial charge in [-0.2, -0.15) is 0 Å². The summed E-state index contributed by atoms with van der Waals surface area (Å²) in [5, 5.41) is 2.85. The molecule has 0 radical (unpaired) electrons. The molecule has 0 fully saturated rings. The van der Waals surface area contributed by atoms with Gasteiger partial charge in [0.1, 0.15) is 5.75 Å². The summed E-state index contributed by atoms with van der Waals surface area (Å²) in [4.78, 5) is 27.6. The summed E-state index contributed by atoms with van der Waals surface area (Å²) in [6.07, 6.45) is 1.91. The molecule has 146 valence electrons. The second-order valence-electron chi connectivity index (χ2n) is 6.95. The number of carbonyl (C=O) groups is 2. The number of ether oxygens (including phenoxy) is 1. The quantitative estimate of drug-likeness (QED) is 0.716. The Morgan fingerprint density at radius 2 is 1.69 bits per heavy atom. The number of carbonyl (C=O) groups excluding carboxylic acids is 2. The summed E-state index contributed by atoms with van der Waals surface area (Å²) < 4.78 is 5.13. The van der Waals surface area contributed by atoms with E-state index >= 15 is 0 Å². The predicted octanol–water partition coefficient (Wildman–Crippen LogP) is 4.54. The van der Waals surface area contributed by atoms with Crippen molar-refractivity contribution in [1.82, 2.24) is 0 Å². The number of nitrogens with one attached hydrogen (secondary N) is 1. The lowest BCUT2D eigenvalue weighted by Gasteiger charge is -2.29. The summed E-state index contributed by atoms with van der Waals surface area (Å²) in [7, 11) is 1.59. The molecule has 5 nitrogen and oxygen atoms in total. The van der Waals surface area contributed by atoms with Gasteiger partial charge < -0.3 is 15.0 Å². The molecular formula is C24H22N2O3. The minimum absolute atomic E-state index is 0.0868. The zero-order valence-corrected chi connectivity index (χ0v) is 16.2. The largest absolute Gasteiger partial charge is 0.497 e. The molecule has 1 N–H and O–H groups in total. The van der Waals surface area contributed by atoms with E-state index in [-0.39, 0.29) is 11.8 Å². The van der Waals surface area contributed by atoms with Crippen molar-refractivity contribution in [3.63, 3.8) is 0 Å². The molecule has 3 aromatic carbocycles. The van der Waals surface area contributed by atoms with Crippen LogP contribution in [0.2, 0.25) is 0 Å². The molecule has 0 aliphatic carbocycles. The summed E-state index contributed by atoms with van der Waals surface area (Å²) in [5.41, 5.74) is 3.75. The Kier molecular flexibility index (Phi) is 5.29. The third-order valence-electron chi connectivity index (χ3n) is 5.07. The molecule has 3 aromatic rings. The van der Waals surface area contributed by atoms with E-state index in [0.717, 1.165) is 24.3 Å². The van der Waals surface area contributed by atoms with E-state index in [1.54, 1.807) is 60.5 Å². The van der Waals surface area contributed by atoms with Crippen LogP contribution < -0.4 is 15.0 Å². The summed E-state index contributed by atoms with van der Waals surface area (Å²) in [6.45, 7) is 0.679. The molecule has 0 atom stereocenters. The lowest BCUT2D eigenvalue weighted by Crippen LogP contribution is -2.35. The summed E-state index contributed by atoms with van der Waals surface area (Å²) in [5.74, 6) is 0.373. The number of methoxy groups -OCH3 is 1. The fourth-order valence-corrected chi connectivity index (χ4v) is 3.57. The maximum atomic E-state index is 13.1. The average molecular weight is 386 g/mol. The standard InChI is InChI=1S/C24H22N2O3/c1-29-21-13-11-20(12-14-21)25-23(27)18-7-4-8-19(16-18)24(28)26-15-5-9-17-6-2-3-10-22(17)26/h2-4,6-8,10-14,16H,5,9,15H2,1H3,(H,25,27). The first-order chi connectivity index (χ1) is 14.2. The van der Waals surface area contributed by atoms with Crippen molar-refractivity contribution in [3.05, 3.63) is 89.5 Å². The Balaban J connectivity index is 1.54. The Hall–Kier alpha value is -3.60. The molecule has 1 heterocycles. The number of nitrogens with zero attached hydrogens (tertiary/aromatic N) is 1. The van der Waals surface area contributed by atoms with Crippen molar-refractivity contribution in [1.29, 1.82) is 0 Å². The fraction of sp³-hybridized carbons (Fsp3) is 0.167. The second-order valence-corrected chi connectivity index (χ2v) is 6.95. The number of aryl methyl sites for hydroxylation is 1. The van der Waals surface area contributed by atoms with Crippen molar-refractivity contribution in [3.8, 4) is 5.75 Å². The Bertz CT molecular complexity index is 1040. The van der Waals surface area contributed by atoms with Crippen LogP contribution in [0.25, 0.3) is 0 Å². The van der Waals surface area contributed by atoms with E-state index in [2.05, 4.69) is 11.4 Å². The molecule has 0 bridgehead atoms. The molecule has 29 heavy (non-hydrogen) atoms. The van der Waals surface area contributed by atoms with Crippen LogP contribution in [0.15, 0.2) is 72.8 Å². The van der Waals surface area contributed by atoms with Gasteiger partial charge >= 0.3 is 0 Å². The zero-order valence-electron chi connectivity index (χ0n) is 16.2. The molecule has 4 rings (SSSR count). The Morgan fingerprint density at radius 3 is 2.48 bits per heavy atom. The van der Waals surface area contributed by atoms with E-state index in [4.69, 9.17) is 4.74 Å². The minimum atomic E-state index is -0.260. The SMILES string of the molecule is COc1ccc(NC(=O)c2cccc(C(=O)N3CCCc4ccccc43)c2)cc1. The number of fused-ring (bicyclic) bond motifs is 1. The predicted molar refractivity (Wildman–Crippen MR) is 114 cm³/mol. The van der Waals surface area contributed by atoms with E-state index in [9.17, 15) is 9.59 Å². The minimum Gasteiger partial charge on any atom is -0.497 e. The van der Waals surface area contributed by atoms with Crippen LogP contribution in [0.1, 0.15) is 32.7 Å². The van der Waals surface area contributed by atoms with E-state index in [0.29, 0.717) is 23.4 Å². The van der Waals surface area contributed by atoms with Gasteiger partial charge in [-0.15, -0.1) is 0 Å². The van der Waals surface area contributed by atoms with Crippen LogP contribution in [0.3, 0.4) is 0 Å². The fourth-order valence-electron chi connectivity index (χ4n) is 3.57. The Labute approximate surface area is 169 Å². The van der Waals surface area contributed by atoms with Crippen molar-refractivity contribution in [2.45, 2.75) is 12.8 Å². The number of hydrogen-bond acceptors (Lipinski definition) is 3. The van der Waals surface area contributed by atoms with Gasteiger partial charge in [-0.3, -0.25) is 9.59 Å². The van der Waals surface area contributed by atoms with Gasteiger partial charge in [-0.1, -0.05) is 24.3 Å². The summed E-state index contributed by atoms with van der Waals surface area (Å²) in [6, 6.07) is 22.0. The van der Waals surface area contributed by atoms with Crippen LogP contribution in [-0.4, -0.2) is 25.5 Å². The number of rotatable bonds is 4. The Morgan fingerprint density at radius 1 is 0.931 bits per heavy atom. The summed E-state index contributed by atoms with van der Waals surface area (Å²) >= 11 is 0. The lowest BCUT2D eigenvalue weighted by molar-refractivity contribution is 0.0985. The third-order valence-corrected chi connectivity index (χ3v) is 5.07. The average Bonchev–Trinajstić information content (AvgIpc) is 2.79. The lowest BCUT2D eigenvalue weighted by atomic mass is 10.0. The van der Waals surface area contributed by atoms with Gasteiger partial charge in [0, 0.05) is 29.0 Å². The van der Waals surface area contributed by atoms with Crippen molar-refractivity contribution in [2.24, 2.45) is 0 Å². The van der Waals surface area contributed by atoms with Gasteiger partial charge in [0.15, 0.2) is 0 Å². The second kappa shape index (κ2) is 8.19. The molecule has 1 aliphatic heterocycles. The third kappa shape index (κ3) is 3.99. The van der Waals surface area contributed by atoms with Crippen LogP contribution in [0.5, 0.6) is 5.75 Å².